The number of likely N-dealkylation sites (N-methyl/N-ethyl adjacent to an activating group) is 2. The zero-order chi connectivity index (χ0) is 19.3. The number of aryl methyl sites for hydroxylation is 1. The molecule has 1 aliphatic rings. The number of halogens is 1. The lowest BCUT2D eigenvalue weighted by Crippen LogP contribution is -2.51. The molecule has 6 nitrogen and oxygen atoms in total. The van der Waals surface area contributed by atoms with E-state index in [-0.39, 0.29) is 36.9 Å². The van der Waals surface area contributed by atoms with Crippen molar-refractivity contribution in [3.05, 3.63) is 35.4 Å². The van der Waals surface area contributed by atoms with E-state index in [1.807, 2.05) is 38.1 Å². The highest BCUT2D eigenvalue weighted by molar-refractivity contribution is 5.85. The Morgan fingerprint density at radius 3 is 2.37 bits per heavy atom. The van der Waals surface area contributed by atoms with Gasteiger partial charge >= 0.3 is 5.97 Å². The maximum atomic E-state index is 12.8. The van der Waals surface area contributed by atoms with Gasteiger partial charge in [-0.1, -0.05) is 24.3 Å². The number of likely N-dealkylation sites (tertiary alicyclic amines) is 1. The minimum absolute atomic E-state index is 0. The number of carbonyl (C=O) groups is 2. The van der Waals surface area contributed by atoms with E-state index in [0.29, 0.717) is 6.54 Å². The van der Waals surface area contributed by atoms with E-state index < -0.39 is 5.97 Å². The second-order valence-corrected chi connectivity index (χ2v) is 7.37. The Balaban J connectivity index is 0.00000364. The Morgan fingerprint density at radius 2 is 1.81 bits per heavy atom. The van der Waals surface area contributed by atoms with Gasteiger partial charge in [-0.25, -0.2) is 0 Å². The van der Waals surface area contributed by atoms with Gasteiger partial charge in [-0.05, 0) is 44.9 Å². The van der Waals surface area contributed by atoms with Gasteiger partial charge in [0.2, 0.25) is 5.91 Å². The van der Waals surface area contributed by atoms with Gasteiger partial charge in [-0.2, -0.15) is 0 Å². The maximum Gasteiger partial charge on any atom is 0.317 e. The van der Waals surface area contributed by atoms with E-state index in [4.69, 9.17) is 5.11 Å². The summed E-state index contributed by atoms with van der Waals surface area (Å²) in [6, 6.07) is 8.25. The van der Waals surface area contributed by atoms with Crippen LogP contribution in [0.2, 0.25) is 0 Å². The fraction of sp³-hybridized carbons (Fsp3) is 0.600. The van der Waals surface area contributed by atoms with Crippen molar-refractivity contribution < 1.29 is 14.7 Å². The summed E-state index contributed by atoms with van der Waals surface area (Å²) in [6.07, 6.45) is 1.78. The molecule has 1 unspecified atom stereocenters. The third-order valence-corrected chi connectivity index (χ3v) is 5.46. The molecule has 0 aliphatic carbocycles. The predicted octanol–water partition coefficient (Wildman–Crippen LogP) is 2.24. The Hall–Kier alpha value is -1.63. The zero-order valence-electron chi connectivity index (χ0n) is 16.7. The molecular formula is C20H32ClN3O3. The molecule has 1 fully saturated rings. The van der Waals surface area contributed by atoms with Crippen LogP contribution in [0.3, 0.4) is 0 Å². The van der Waals surface area contributed by atoms with Gasteiger partial charge in [0.05, 0.1) is 12.6 Å². The van der Waals surface area contributed by atoms with Gasteiger partial charge in [-0.3, -0.25) is 19.4 Å². The monoisotopic (exact) mass is 397 g/mol. The summed E-state index contributed by atoms with van der Waals surface area (Å²) in [7, 11) is 3.72. The number of nitrogens with zero attached hydrogens (tertiary/aromatic N) is 3. The van der Waals surface area contributed by atoms with Gasteiger partial charge in [0, 0.05) is 32.7 Å². The topological polar surface area (TPSA) is 64.1 Å². The first-order valence-electron chi connectivity index (χ1n) is 9.25. The smallest absolute Gasteiger partial charge is 0.317 e. The number of carboxylic acids is 1. The molecule has 0 spiro atoms. The van der Waals surface area contributed by atoms with Crippen molar-refractivity contribution in [2.45, 2.75) is 45.3 Å². The maximum absolute atomic E-state index is 12.8. The second kappa shape index (κ2) is 10.6. The third kappa shape index (κ3) is 6.48. The van der Waals surface area contributed by atoms with Crippen LogP contribution in [0.5, 0.6) is 0 Å². The number of hydrogen-bond donors (Lipinski definition) is 1. The molecule has 1 amide bonds. The molecule has 152 valence electrons. The molecule has 0 bridgehead atoms. The molecule has 2 rings (SSSR count). The molecule has 1 aliphatic heterocycles. The van der Waals surface area contributed by atoms with Crippen molar-refractivity contribution in [2.24, 2.45) is 0 Å². The Morgan fingerprint density at radius 1 is 1.22 bits per heavy atom. The molecule has 1 saturated heterocycles. The van der Waals surface area contributed by atoms with Crippen molar-refractivity contribution in [3.63, 3.8) is 0 Å². The number of hydrogen-bond acceptors (Lipinski definition) is 4. The van der Waals surface area contributed by atoms with Crippen LogP contribution in [0.4, 0.5) is 0 Å². The van der Waals surface area contributed by atoms with Crippen molar-refractivity contribution >= 4 is 24.3 Å². The quantitative estimate of drug-likeness (QED) is 0.764. The van der Waals surface area contributed by atoms with Crippen molar-refractivity contribution in [2.75, 3.05) is 33.7 Å². The Bertz CT molecular complexity index is 633. The molecule has 1 atom stereocenters. The number of carbonyl (C=O) groups excluding carboxylic acids is 1. The number of piperidine rings is 1. The van der Waals surface area contributed by atoms with Gasteiger partial charge in [0.1, 0.15) is 0 Å². The standard InChI is InChI=1S/C20H31N3O3.ClH/c1-15-7-5-6-8-17(15)13-22(4)20(26)16(2)23-11-9-18(10-12-23)21(3)14-19(24)25;/h5-8,16,18H,9-14H2,1-4H3,(H,24,25);1H. The van der Waals surface area contributed by atoms with Crippen LogP contribution in [0.1, 0.15) is 30.9 Å². The molecule has 7 heteroatoms. The lowest BCUT2D eigenvalue weighted by atomic mass is 10.0. The number of rotatable bonds is 7. The summed E-state index contributed by atoms with van der Waals surface area (Å²) >= 11 is 0. The van der Waals surface area contributed by atoms with E-state index in [9.17, 15) is 9.59 Å². The van der Waals surface area contributed by atoms with E-state index >= 15 is 0 Å². The number of amides is 1. The largest absolute Gasteiger partial charge is 0.480 e. The first kappa shape index (κ1) is 23.4. The van der Waals surface area contributed by atoms with Gasteiger partial charge < -0.3 is 10.0 Å². The Labute approximate surface area is 168 Å². The number of carboxylic acid groups (broad SMARTS) is 1. The van der Waals surface area contributed by atoms with Crippen LogP contribution in [-0.2, 0) is 16.1 Å². The normalized spacial score (nSPS) is 16.6. The SMILES string of the molecule is Cc1ccccc1CN(C)C(=O)C(C)N1CCC(N(C)CC(=O)O)CC1.Cl. The van der Waals surface area contributed by atoms with Gasteiger partial charge in [-0.15, -0.1) is 12.4 Å². The molecule has 0 aromatic heterocycles. The first-order valence-corrected chi connectivity index (χ1v) is 9.25. The average molecular weight is 398 g/mol. The van der Waals surface area contributed by atoms with Crippen LogP contribution in [0.15, 0.2) is 24.3 Å². The second-order valence-electron chi connectivity index (χ2n) is 7.37. The average Bonchev–Trinajstić information content (AvgIpc) is 2.62. The van der Waals surface area contributed by atoms with Crippen molar-refractivity contribution in [1.82, 2.24) is 14.7 Å². The van der Waals surface area contributed by atoms with Crippen LogP contribution < -0.4 is 0 Å². The van der Waals surface area contributed by atoms with Crippen molar-refractivity contribution in [3.8, 4) is 0 Å². The van der Waals surface area contributed by atoms with E-state index in [1.165, 1.54) is 11.1 Å². The molecule has 0 saturated carbocycles. The molecular weight excluding hydrogens is 366 g/mol. The van der Waals surface area contributed by atoms with Crippen LogP contribution in [0.25, 0.3) is 0 Å². The van der Waals surface area contributed by atoms with Gasteiger partial charge in [0.15, 0.2) is 0 Å². The molecule has 27 heavy (non-hydrogen) atoms. The summed E-state index contributed by atoms with van der Waals surface area (Å²) in [5.41, 5.74) is 2.37. The molecule has 1 N–H and O–H groups in total. The first-order chi connectivity index (χ1) is 12.3. The summed E-state index contributed by atoms with van der Waals surface area (Å²) in [6.45, 7) is 6.36. The molecule has 1 heterocycles. The predicted molar refractivity (Wildman–Crippen MR) is 109 cm³/mol. The minimum atomic E-state index is -0.795. The van der Waals surface area contributed by atoms with Crippen molar-refractivity contribution in [1.29, 1.82) is 0 Å². The lowest BCUT2D eigenvalue weighted by molar-refractivity contribution is -0.138. The number of benzene rings is 1. The fourth-order valence-electron chi connectivity index (χ4n) is 3.65. The van der Waals surface area contributed by atoms with Crippen LogP contribution in [0, 0.1) is 6.92 Å². The highest BCUT2D eigenvalue weighted by atomic mass is 35.5. The summed E-state index contributed by atoms with van der Waals surface area (Å²) in [4.78, 5) is 29.6. The molecule has 0 radical (unpaired) electrons. The zero-order valence-corrected chi connectivity index (χ0v) is 17.5. The Kier molecular flexibility index (Phi) is 9.22. The van der Waals surface area contributed by atoms with Crippen LogP contribution >= 0.6 is 12.4 Å². The molecule has 1 aromatic rings. The summed E-state index contributed by atoms with van der Waals surface area (Å²) in [5.74, 6) is -0.665. The summed E-state index contributed by atoms with van der Waals surface area (Å²) in [5, 5.41) is 8.93. The molecule has 1 aromatic carbocycles. The third-order valence-electron chi connectivity index (χ3n) is 5.46. The minimum Gasteiger partial charge on any atom is -0.480 e. The van der Waals surface area contributed by atoms with E-state index in [1.54, 1.807) is 4.90 Å². The van der Waals surface area contributed by atoms with Crippen LogP contribution in [-0.4, -0.2) is 77.5 Å². The highest BCUT2D eigenvalue weighted by Crippen LogP contribution is 2.19. The van der Waals surface area contributed by atoms with E-state index in [0.717, 1.165) is 25.9 Å². The summed E-state index contributed by atoms with van der Waals surface area (Å²) < 4.78 is 0. The lowest BCUT2D eigenvalue weighted by Gasteiger charge is -2.39. The highest BCUT2D eigenvalue weighted by Gasteiger charge is 2.30. The van der Waals surface area contributed by atoms with E-state index in [2.05, 4.69) is 24.0 Å². The number of aliphatic carboxylic acids is 1. The van der Waals surface area contributed by atoms with Gasteiger partial charge in [0.25, 0.3) is 0 Å². The fourth-order valence-corrected chi connectivity index (χ4v) is 3.65.